The summed E-state index contributed by atoms with van der Waals surface area (Å²) in [6.45, 7) is 26.1. The predicted molar refractivity (Wildman–Crippen MR) is 134 cm³/mol. The summed E-state index contributed by atoms with van der Waals surface area (Å²) >= 11 is 0. The molecular formula is C24H46O7Si2. The van der Waals surface area contributed by atoms with E-state index < -0.39 is 52.8 Å². The summed E-state index contributed by atoms with van der Waals surface area (Å²) in [5.41, 5.74) is 0. The highest BCUT2D eigenvalue weighted by Crippen LogP contribution is 2.45. The molecule has 2 rings (SSSR count). The molecule has 7 nitrogen and oxygen atoms in total. The molecule has 2 saturated heterocycles. The largest absolute Gasteiger partial charge is 0.486 e. The molecule has 0 bridgehead atoms. The molecule has 192 valence electrons. The van der Waals surface area contributed by atoms with Crippen molar-refractivity contribution in [3.05, 3.63) is 11.8 Å². The second-order valence-electron chi connectivity index (χ2n) is 12.7. The van der Waals surface area contributed by atoms with Gasteiger partial charge in [0.2, 0.25) is 0 Å². The molecule has 0 aromatic carbocycles. The third-order valence-electron chi connectivity index (χ3n) is 7.50. The first-order valence-corrected chi connectivity index (χ1v) is 17.7. The van der Waals surface area contributed by atoms with Gasteiger partial charge in [0.25, 0.3) is 0 Å². The van der Waals surface area contributed by atoms with Gasteiger partial charge < -0.3 is 27.8 Å². The molecule has 0 saturated carbocycles. The van der Waals surface area contributed by atoms with Crippen LogP contribution in [-0.2, 0) is 32.6 Å². The van der Waals surface area contributed by atoms with E-state index in [1.807, 2.05) is 13.8 Å². The van der Waals surface area contributed by atoms with Crippen LogP contribution in [0.15, 0.2) is 11.8 Å². The molecule has 0 spiro atoms. The first-order chi connectivity index (χ1) is 14.7. The molecule has 2 fully saturated rings. The van der Waals surface area contributed by atoms with Crippen molar-refractivity contribution in [2.75, 3.05) is 13.7 Å². The van der Waals surface area contributed by atoms with Crippen LogP contribution in [0, 0.1) is 0 Å². The number of carbonyl (C=O) groups is 1. The van der Waals surface area contributed by atoms with Gasteiger partial charge >= 0.3 is 5.97 Å². The van der Waals surface area contributed by atoms with Crippen molar-refractivity contribution in [3.63, 3.8) is 0 Å². The summed E-state index contributed by atoms with van der Waals surface area (Å²) in [6, 6.07) is 0. The Labute approximate surface area is 202 Å². The van der Waals surface area contributed by atoms with Crippen LogP contribution in [0.25, 0.3) is 0 Å². The van der Waals surface area contributed by atoms with E-state index in [1.165, 1.54) is 13.2 Å². The molecule has 0 aromatic heterocycles. The number of ether oxygens (including phenoxy) is 4. The number of esters is 1. The predicted octanol–water partition coefficient (Wildman–Crippen LogP) is 5.37. The van der Waals surface area contributed by atoms with E-state index in [4.69, 9.17) is 27.8 Å². The van der Waals surface area contributed by atoms with Crippen LogP contribution in [0.1, 0.15) is 55.4 Å². The van der Waals surface area contributed by atoms with Gasteiger partial charge in [0.1, 0.15) is 24.1 Å². The Kier molecular flexibility index (Phi) is 8.11. The van der Waals surface area contributed by atoms with Gasteiger partial charge in [0.05, 0.1) is 19.8 Å². The molecule has 0 amide bonds. The number of methoxy groups -OCH3 is 1. The Morgan fingerprint density at radius 2 is 1.52 bits per heavy atom. The standard InChI is InChI=1S/C24H46O7Si2/c1-22(2,3)32(10,11)30-20-16(14-18(25)26-9)28-17-15-27-24(7,8)29-19(17)21(20)31-33(12,13)23(4,5)6/h14,17,19-21H,15H2,1-13H3/b16-14-/t17-,19-,20+,21+/m1/s1. The summed E-state index contributed by atoms with van der Waals surface area (Å²) < 4.78 is 37.4. The molecule has 0 N–H and O–H groups in total. The molecule has 4 atom stereocenters. The highest BCUT2D eigenvalue weighted by atomic mass is 28.4. The summed E-state index contributed by atoms with van der Waals surface area (Å²) in [7, 11) is -3.16. The molecule has 2 aliphatic heterocycles. The molecule has 0 aliphatic carbocycles. The summed E-state index contributed by atoms with van der Waals surface area (Å²) in [4.78, 5) is 12.3. The first-order valence-electron chi connectivity index (χ1n) is 11.8. The normalized spacial score (nSPS) is 29.9. The van der Waals surface area contributed by atoms with Crippen molar-refractivity contribution >= 4 is 22.6 Å². The minimum atomic E-state index is -2.27. The van der Waals surface area contributed by atoms with E-state index in [-0.39, 0.29) is 10.1 Å². The van der Waals surface area contributed by atoms with E-state index in [1.54, 1.807) is 0 Å². The Hall–Kier alpha value is -0.716. The molecule has 9 heteroatoms. The Balaban J connectivity index is 2.62. The lowest BCUT2D eigenvalue weighted by Gasteiger charge is -2.53. The molecule has 0 radical (unpaired) electrons. The lowest BCUT2D eigenvalue weighted by Crippen LogP contribution is -2.66. The fraction of sp³-hybridized carbons (Fsp3) is 0.875. The minimum Gasteiger partial charge on any atom is -0.486 e. The van der Waals surface area contributed by atoms with Crippen molar-refractivity contribution in [2.24, 2.45) is 0 Å². The summed E-state index contributed by atoms with van der Waals surface area (Å²) in [5, 5.41) is -0.0627. The van der Waals surface area contributed by atoms with Crippen molar-refractivity contribution in [2.45, 2.75) is 122 Å². The molecule has 0 unspecified atom stereocenters. The van der Waals surface area contributed by atoms with Gasteiger partial charge in [-0.15, -0.1) is 0 Å². The number of hydrogen-bond donors (Lipinski definition) is 0. The number of carbonyl (C=O) groups excluding carboxylic acids is 1. The van der Waals surface area contributed by atoms with E-state index in [2.05, 4.69) is 67.7 Å². The monoisotopic (exact) mass is 502 g/mol. The van der Waals surface area contributed by atoms with Crippen molar-refractivity contribution < 1.29 is 32.6 Å². The highest BCUT2D eigenvalue weighted by Gasteiger charge is 2.56. The summed E-state index contributed by atoms with van der Waals surface area (Å²) in [6.07, 6.45) is -0.460. The van der Waals surface area contributed by atoms with Gasteiger partial charge in [-0.1, -0.05) is 41.5 Å². The fourth-order valence-corrected chi connectivity index (χ4v) is 5.86. The van der Waals surface area contributed by atoms with Crippen molar-refractivity contribution in [1.82, 2.24) is 0 Å². The molecular weight excluding hydrogens is 456 g/mol. The van der Waals surface area contributed by atoms with Gasteiger partial charge in [-0.25, -0.2) is 4.79 Å². The van der Waals surface area contributed by atoms with Gasteiger partial charge in [-0.3, -0.25) is 0 Å². The Bertz CT molecular complexity index is 747. The van der Waals surface area contributed by atoms with Crippen LogP contribution in [0.3, 0.4) is 0 Å². The van der Waals surface area contributed by atoms with E-state index in [0.717, 1.165) is 0 Å². The van der Waals surface area contributed by atoms with Crippen molar-refractivity contribution in [1.29, 1.82) is 0 Å². The first kappa shape index (κ1) is 28.5. The van der Waals surface area contributed by atoms with Crippen LogP contribution in [0.5, 0.6) is 0 Å². The maximum Gasteiger partial charge on any atom is 0.333 e. The third-order valence-corrected chi connectivity index (χ3v) is 16.4. The zero-order valence-corrected chi connectivity index (χ0v) is 25.0. The van der Waals surface area contributed by atoms with Gasteiger partial charge in [-0.2, -0.15) is 0 Å². The van der Waals surface area contributed by atoms with Gasteiger partial charge in [0.15, 0.2) is 28.5 Å². The van der Waals surface area contributed by atoms with E-state index in [9.17, 15) is 4.79 Å². The highest BCUT2D eigenvalue weighted by molar-refractivity contribution is 6.74. The maximum absolute atomic E-state index is 12.3. The second kappa shape index (κ2) is 9.39. The molecule has 0 aromatic rings. The van der Waals surface area contributed by atoms with Crippen molar-refractivity contribution in [3.8, 4) is 0 Å². The smallest absolute Gasteiger partial charge is 0.333 e. The average molecular weight is 503 g/mol. The SMILES string of the molecule is COC(=O)/C=C1\O[C@@H]2COC(C)(C)O[C@H]2[C@H](O[Si](C)(C)C(C)(C)C)[C@H]1O[Si](C)(C)C(C)(C)C. The van der Waals surface area contributed by atoms with Crippen LogP contribution < -0.4 is 0 Å². The molecule has 2 heterocycles. The van der Waals surface area contributed by atoms with Crippen LogP contribution in [-0.4, -0.2) is 66.5 Å². The molecule has 2 aliphatic rings. The number of fused-ring (bicyclic) bond motifs is 1. The average Bonchev–Trinajstić information content (AvgIpc) is 2.62. The number of rotatable bonds is 5. The van der Waals surface area contributed by atoms with Crippen LogP contribution in [0.4, 0.5) is 0 Å². The minimum absolute atomic E-state index is 0.0186. The second-order valence-corrected chi connectivity index (χ2v) is 22.2. The summed E-state index contributed by atoms with van der Waals surface area (Å²) in [5.74, 6) is -0.843. The topological polar surface area (TPSA) is 72.5 Å². The lowest BCUT2D eigenvalue weighted by molar-refractivity contribution is -0.335. The third kappa shape index (κ3) is 6.49. The Morgan fingerprint density at radius 1 is 1.00 bits per heavy atom. The van der Waals surface area contributed by atoms with Gasteiger partial charge in [-0.05, 0) is 50.1 Å². The van der Waals surface area contributed by atoms with Crippen LogP contribution in [0.2, 0.25) is 36.3 Å². The zero-order chi connectivity index (χ0) is 25.6. The maximum atomic E-state index is 12.3. The zero-order valence-electron chi connectivity index (χ0n) is 23.0. The Morgan fingerprint density at radius 3 is 2.00 bits per heavy atom. The van der Waals surface area contributed by atoms with E-state index >= 15 is 0 Å². The molecule has 33 heavy (non-hydrogen) atoms. The van der Waals surface area contributed by atoms with Crippen LogP contribution >= 0.6 is 0 Å². The number of hydrogen-bond acceptors (Lipinski definition) is 7. The fourth-order valence-electron chi connectivity index (χ4n) is 3.33. The van der Waals surface area contributed by atoms with E-state index in [0.29, 0.717) is 12.4 Å². The quantitative estimate of drug-likeness (QED) is 0.284. The lowest BCUT2D eigenvalue weighted by atomic mass is 9.96. The van der Waals surface area contributed by atoms with Gasteiger partial charge in [0, 0.05) is 0 Å².